The number of anilines is 1. The lowest BCUT2D eigenvalue weighted by Crippen LogP contribution is -2.28. The van der Waals surface area contributed by atoms with E-state index in [1.165, 1.54) is 19.2 Å². The fraction of sp³-hybridized carbons (Fsp3) is 0.500. The highest BCUT2D eigenvalue weighted by Crippen LogP contribution is 2.29. The number of benzene rings is 1. The summed E-state index contributed by atoms with van der Waals surface area (Å²) in [5, 5.41) is 12.9. The Morgan fingerprint density at radius 3 is 2.88 bits per heavy atom. The molecule has 0 aromatic heterocycles. The molecule has 1 aliphatic carbocycles. The lowest BCUT2D eigenvalue weighted by atomic mass is 10.2. The molecule has 0 bridgehead atoms. The average molecular weight is 225 g/mol. The van der Waals surface area contributed by atoms with Gasteiger partial charge in [0.05, 0.1) is 24.9 Å². The Balaban J connectivity index is 2.14. The maximum atomic E-state index is 13.0. The van der Waals surface area contributed by atoms with Gasteiger partial charge in [-0.25, -0.2) is 4.39 Å². The van der Waals surface area contributed by atoms with Crippen LogP contribution in [0, 0.1) is 5.82 Å². The Morgan fingerprint density at radius 1 is 1.44 bits per heavy atom. The van der Waals surface area contributed by atoms with Crippen LogP contribution >= 0.6 is 0 Å². The van der Waals surface area contributed by atoms with E-state index in [9.17, 15) is 9.50 Å². The van der Waals surface area contributed by atoms with Gasteiger partial charge in [0, 0.05) is 6.07 Å². The average Bonchev–Trinajstić information content (AvgIpc) is 2.67. The smallest absolute Gasteiger partial charge is 0.144 e. The zero-order chi connectivity index (χ0) is 11.5. The maximum absolute atomic E-state index is 13.0. The Labute approximate surface area is 94.2 Å². The van der Waals surface area contributed by atoms with Crippen LogP contribution < -0.4 is 10.1 Å². The quantitative estimate of drug-likeness (QED) is 0.828. The molecule has 1 saturated carbocycles. The van der Waals surface area contributed by atoms with Crippen LogP contribution in [0.2, 0.25) is 0 Å². The molecule has 0 amide bonds. The van der Waals surface area contributed by atoms with Crippen LogP contribution in [0.3, 0.4) is 0 Å². The predicted octanol–water partition coefficient (Wildman–Crippen LogP) is 2.16. The van der Waals surface area contributed by atoms with Gasteiger partial charge in [-0.05, 0) is 31.4 Å². The summed E-state index contributed by atoms with van der Waals surface area (Å²) < 4.78 is 18.1. The highest BCUT2D eigenvalue weighted by Gasteiger charge is 2.25. The van der Waals surface area contributed by atoms with Gasteiger partial charge in [0.1, 0.15) is 11.6 Å². The summed E-state index contributed by atoms with van der Waals surface area (Å²) in [5.74, 6) is 0.147. The Kier molecular flexibility index (Phi) is 3.29. The monoisotopic (exact) mass is 225 g/mol. The Bertz CT molecular complexity index is 370. The SMILES string of the molecule is COc1cc(F)ccc1N[C@@H]1CCC[C@H]1O. The largest absolute Gasteiger partial charge is 0.494 e. The van der Waals surface area contributed by atoms with Crippen molar-refractivity contribution in [2.24, 2.45) is 0 Å². The number of nitrogens with one attached hydrogen (secondary N) is 1. The molecule has 0 spiro atoms. The topological polar surface area (TPSA) is 41.5 Å². The molecule has 3 nitrogen and oxygen atoms in total. The van der Waals surface area contributed by atoms with Crippen LogP contribution in [0.4, 0.5) is 10.1 Å². The molecular weight excluding hydrogens is 209 g/mol. The zero-order valence-corrected chi connectivity index (χ0v) is 9.24. The number of rotatable bonds is 3. The van der Waals surface area contributed by atoms with Gasteiger partial charge in [0.2, 0.25) is 0 Å². The second-order valence-corrected chi connectivity index (χ2v) is 4.09. The summed E-state index contributed by atoms with van der Waals surface area (Å²) in [6, 6.07) is 4.40. The summed E-state index contributed by atoms with van der Waals surface area (Å²) in [4.78, 5) is 0. The lowest BCUT2D eigenvalue weighted by molar-refractivity contribution is 0.171. The molecule has 1 aromatic carbocycles. The molecule has 2 N–H and O–H groups in total. The summed E-state index contributed by atoms with van der Waals surface area (Å²) in [6.45, 7) is 0. The molecule has 0 radical (unpaired) electrons. The normalized spacial score (nSPS) is 24.4. The van der Waals surface area contributed by atoms with Crippen LogP contribution in [-0.4, -0.2) is 24.4 Å². The van der Waals surface area contributed by atoms with E-state index in [2.05, 4.69) is 5.32 Å². The van der Waals surface area contributed by atoms with Crippen molar-refractivity contribution in [2.75, 3.05) is 12.4 Å². The van der Waals surface area contributed by atoms with Crippen molar-refractivity contribution in [1.29, 1.82) is 0 Å². The van der Waals surface area contributed by atoms with E-state index < -0.39 is 0 Å². The molecule has 1 aliphatic rings. The van der Waals surface area contributed by atoms with E-state index in [0.29, 0.717) is 5.75 Å². The van der Waals surface area contributed by atoms with Gasteiger partial charge in [-0.1, -0.05) is 0 Å². The van der Waals surface area contributed by atoms with Gasteiger partial charge in [0.25, 0.3) is 0 Å². The molecule has 4 heteroatoms. The second-order valence-electron chi connectivity index (χ2n) is 4.09. The number of ether oxygens (including phenoxy) is 1. The first kappa shape index (κ1) is 11.2. The van der Waals surface area contributed by atoms with Crippen molar-refractivity contribution in [1.82, 2.24) is 0 Å². The van der Waals surface area contributed by atoms with Crippen LogP contribution in [0.15, 0.2) is 18.2 Å². The first-order valence-electron chi connectivity index (χ1n) is 5.49. The third-order valence-corrected chi connectivity index (χ3v) is 2.98. The number of halogens is 1. The predicted molar refractivity (Wildman–Crippen MR) is 60.2 cm³/mol. The van der Waals surface area contributed by atoms with Gasteiger partial charge in [0.15, 0.2) is 0 Å². The molecule has 0 heterocycles. The van der Waals surface area contributed by atoms with Crippen molar-refractivity contribution in [3.63, 3.8) is 0 Å². The summed E-state index contributed by atoms with van der Waals surface area (Å²) in [5.41, 5.74) is 0.731. The molecule has 0 saturated heterocycles. The van der Waals surface area contributed by atoms with Gasteiger partial charge in [-0.3, -0.25) is 0 Å². The van der Waals surface area contributed by atoms with Crippen LogP contribution in [0.25, 0.3) is 0 Å². The van der Waals surface area contributed by atoms with Crippen molar-refractivity contribution in [3.05, 3.63) is 24.0 Å². The van der Waals surface area contributed by atoms with E-state index >= 15 is 0 Å². The van der Waals surface area contributed by atoms with E-state index in [0.717, 1.165) is 24.9 Å². The minimum absolute atomic E-state index is 0.0411. The summed E-state index contributed by atoms with van der Waals surface area (Å²) >= 11 is 0. The van der Waals surface area contributed by atoms with E-state index in [-0.39, 0.29) is 18.0 Å². The van der Waals surface area contributed by atoms with Gasteiger partial charge in [-0.2, -0.15) is 0 Å². The number of methoxy groups -OCH3 is 1. The third-order valence-electron chi connectivity index (χ3n) is 2.98. The van der Waals surface area contributed by atoms with Crippen LogP contribution in [0.5, 0.6) is 5.75 Å². The van der Waals surface area contributed by atoms with Gasteiger partial charge < -0.3 is 15.2 Å². The highest BCUT2D eigenvalue weighted by molar-refractivity contribution is 5.57. The first-order chi connectivity index (χ1) is 7.70. The molecule has 2 rings (SSSR count). The maximum Gasteiger partial charge on any atom is 0.144 e. The van der Waals surface area contributed by atoms with Crippen molar-refractivity contribution < 1.29 is 14.2 Å². The Morgan fingerprint density at radius 2 is 2.25 bits per heavy atom. The molecule has 1 aromatic rings. The number of hydrogen-bond acceptors (Lipinski definition) is 3. The van der Waals surface area contributed by atoms with Crippen LogP contribution in [-0.2, 0) is 0 Å². The fourth-order valence-electron chi connectivity index (χ4n) is 2.09. The van der Waals surface area contributed by atoms with Crippen LogP contribution in [0.1, 0.15) is 19.3 Å². The van der Waals surface area contributed by atoms with Crippen molar-refractivity contribution in [2.45, 2.75) is 31.4 Å². The standard InChI is InChI=1S/C12H16FNO2/c1-16-12-7-8(13)5-6-10(12)14-9-3-2-4-11(9)15/h5-7,9,11,14-15H,2-4H2,1H3/t9-,11-/m1/s1. The molecule has 2 atom stereocenters. The number of aliphatic hydroxyl groups excluding tert-OH is 1. The van der Waals surface area contributed by atoms with E-state index in [1.54, 1.807) is 6.07 Å². The van der Waals surface area contributed by atoms with E-state index in [4.69, 9.17) is 4.74 Å². The minimum atomic E-state index is -0.325. The molecular formula is C12H16FNO2. The Hall–Kier alpha value is -1.29. The number of aliphatic hydroxyl groups is 1. The summed E-state index contributed by atoms with van der Waals surface area (Å²) in [7, 11) is 1.50. The molecule has 88 valence electrons. The third kappa shape index (κ3) is 2.27. The fourth-order valence-corrected chi connectivity index (χ4v) is 2.09. The lowest BCUT2D eigenvalue weighted by Gasteiger charge is -2.19. The second kappa shape index (κ2) is 4.70. The molecule has 0 aliphatic heterocycles. The van der Waals surface area contributed by atoms with Gasteiger partial charge in [-0.15, -0.1) is 0 Å². The van der Waals surface area contributed by atoms with Gasteiger partial charge >= 0.3 is 0 Å². The van der Waals surface area contributed by atoms with Crippen molar-refractivity contribution in [3.8, 4) is 5.75 Å². The zero-order valence-electron chi connectivity index (χ0n) is 9.24. The number of hydrogen-bond donors (Lipinski definition) is 2. The molecule has 0 unspecified atom stereocenters. The molecule has 16 heavy (non-hydrogen) atoms. The minimum Gasteiger partial charge on any atom is -0.494 e. The first-order valence-corrected chi connectivity index (χ1v) is 5.49. The molecule has 1 fully saturated rings. The highest BCUT2D eigenvalue weighted by atomic mass is 19.1. The van der Waals surface area contributed by atoms with Crippen molar-refractivity contribution >= 4 is 5.69 Å². The van der Waals surface area contributed by atoms with E-state index in [1.807, 2.05) is 0 Å². The summed E-state index contributed by atoms with van der Waals surface area (Å²) in [6.07, 6.45) is 2.44.